The summed E-state index contributed by atoms with van der Waals surface area (Å²) < 4.78 is 18.3. The summed E-state index contributed by atoms with van der Waals surface area (Å²) in [4.78, 5) is 16.2. The number of hydrogen-bond donors (Lipinski definition) is 2. The number of thioether (sulfide) groups is 1. The van der Waals surface area contributed by atoms with E-state index in [4.69, 9.17) is 4.74 Å². The van der Waals surface area contributed by atoms with Crippen molar-refractivity contribution < 1.29 is 13.9 Å². The minimum absolute atomic E-state index is 0.00335. The zero-order valence-electron chi connectivity index (χ0n) is 13.1. The topological polar surface area (TPSA) is 79.9 Å². The first-order valence-electron chi connectivity index (χ1n) is 7.88. The zero-order valence-corrected chi connectivity index (χ0v) is 13.9. The highest BCUT2D eigenvalue weighted by molar-refractivity contribution is 7.99. The fraction of sp³-hybridized carbons (Fsp3) is 0.438. The molecule has 1 saturated heterocycles. The van der Waals surface area contributed by atoms with Crippen LogP contribution in [-0.2, 0) is 16.0 Å². The first-order chi connectivity index (χ1) is 11.7. The van der Waals surface area contributed by atoms with E-state index < -0.39 is 0 Å². The van der Waals surface area contributed by atoms with Gasteiger partial charge in [-0.2, -0.15) is 0 Å². The van der Waals surface area contributed by atoms with E-state index in [1.54, 1.807) is 12.1 Å². The maximum absolute atomic E-state index is 12.8. The van der Waals surface area contributed by atoms with Crippen molar-refractivity contribution in [2.24, 2.45) is 0 Å². The van der Waals surface area contributed by atoms with E-state index in [2.05, 4.69) is 20.5 Å². The highest BCUT2D eigenvalue weighted by Gasteiger charge is 2.21. The van der Waals surface area contributed by atoms with Crippen molar-refractivity contribution in [3.05, 3.63) is 41.5 Å². The molecular formula is C16H19FN4O2S. The minimum Gasteiger partial charge on any atom is -0.370 e. The number of nitrogens with zero attached hydrogens (tertiary/aromatic N) is 2. The highest BCUT2D eigenvalue weighted by Crippen LogP contribution is 2.26. The molecule has 6 nitrogen and oxygen atoms in total. The van der Waals surface area contributed by atoms with Crippen LogP contribution in [0, 0.1) is 5.82 Å². The number of halogens is 1. The van der Waals surface area contributed by atoms with Gasteiger partial charge in [-0.15, -0.1) is 5.10 Å². The largest absolute Gasteiger partial charge is 0.370 e. The number of carbonyl (C=O) groups excluding carboxylic acids is 1. The summed E-state index contributed by atoms with van der Waals surface area (Å²) in [6.45, 7) is 1.27. The van der Waals surface area contributed by atoms with Crippen LogP contribution >= 0.6 is 11.8 Å². The minimum atomic E-state index is -0.256. The van der Waals surface area contributed by atoms with Crippen molar-refractivity contribution in [3.63, 3.8) is 0 Å². The summed E-state index contributed by atoms with van der Waals surface area (Å²) >= 11 is 1.29. The van der Waals surface area contributed by atoms with Gasteiger partial charge in [0.25, 0.3) is 0 Å². The lowest BCUT2D eigenvalue weighted by atomic mass is 10.1. The van der Waals surface area contributed by atoms with Crippen LogP contribution in [0.15, 0.2) is 29.4 Å². The number of amides is 1. The van der Waals surface area contributed by atoms with E-state index >= 15 is 0 Å². The number of hydrogen-bond acceptors (Lipinski definition) is 5. The van der Waals surface area contributed by atoms with Gasteiger partial charge in [-0.1, -0.05) is 23.9 Å². The second-order valence-corrected chi connectivity index (χ2v) is 6.46. The second kappa shape index (κ2) is 8.25. The lowest BCUT2D eigenvalue weighted by Crippen LogP contribution is -2.27. The van der Waals surface area contributed by atoms with E-state index in [1.165, 1.54) is 23.9 Å². The van der Waals surface area contributed by atoms with E-state index in [-0.39, 0.29) is 23.6 Å². The standard InChI is InChI=1S/C16H19FN4O2S/c17-12-5-3-11(4-6-12)7-8-18-14(22)10-24-16-19-15(20-21-16)13-2-1-9-23-13/h3-6,13H,1-2,7-10H2,(H,18,22)(H,19,20,21)/t13-/m1/s1. The molecule has 3 rings (SSSR count). The van der Waals surface area contributed by atoms with Crippen LogP contribution in [0.3, 0.4) is 0 Å². The Morgan fingerprint density at radius 2 is 2.25 bits per heavy atom. The molecule has 1 fully saturated rings. The Hall–Kier alpha value is -1.93. The van der Waals surface area contributed by atoms with Gasteiger partial charge in [0, 0.05) is 13.2 Å². The van der Waals surface area contributed by atoms with Crippen LogP contribution in [0.1, 0.15) is 30.3 Å². The first kappa shape index (κ1) is 16.9. The van der Waals surface area contributed by atoms with Gasteiger partial charge in [-0.3, -0.25) is 9.89 Å². The summed E-state index contributed by atoms with van der Waals surface area (Å²) in [6, 6.07) is 6.27. The van der Waals surface area contributed by atoms with Gasteiger partial charge in [0.1, 0.15) is 11.9 Å². The van der Waals surface area contributed by atoms with Gasteiger partial charge >= 0.3 is 0 Å². The number of ether oxygens (including phenoxy) is 1. The Morgan fingerprint density at radius 1 is 1.42 bits per heavy atom. The summed E-state index contributed by atoms with van der Waals surface area (Å²) in [5.74, 6) is 0.650. The number of H-pyrrole nitrogens is 1. The second-order valence-electron chi connectivity index (χ2n) is 5.52. The molecule has 1 atom stereocenters. The van der Waals surface area contributed by atoms with Gasteiger partial charge < -0.3 is 10.1 Å². The predicted octanol–water partition coefficient (Wildman–Crippen LogP) is 2.25. The molecule has 1 aromatic carbocycles. The summed E-state index contributed by atoms with van der Waals surface area (Å²) in [7, 11) is 0. The summed E-state index contributed by atoms with van der Waals surface area (Å²) in [5.41, 5.74) is 0.986. The van der Waals surface area contributed by atoms with Crippen molar-refractivity contribution in [3.8, 4) is 0 Å². The molecule has 0 spiro atoms. The molecular weight excluding hydrogens is 331 g/mol. The average Bonchev–Trinajstić information content (AvgIpc) is 3.26. The Morgan fingerprint density at radius 3 is 3.00 bits per heavy atom. The molecule has 0 bridgehead atoms. The Bertz CT molecular complexity index is 671. The Balaban J connectivity index is 1.37. The van der Waals surface area contributed by atoms with Crippen LogP contribution in [0.4, 0.5) is 4.39 Å². The van der Waals surface area contributed by atoms with Crippen molar-refractivity contribution in [1.82, 2.24) is 20.5 Å². The van der Waals surface area contributed by atoms with Crippen LogP contribution < -0.4 is 5.32 Å². The zero-order chi connectivity index (χ0) is 16.8. The van der Waals surface area contributed by atoms with Crippen LogP contribution in [0.2, 0.25) is 0 Å². The van der Waals surface area contributed by atoms with Gasteiger partial charge in [-0.05, 0) is 37.0 Å². The Labute approximate surface area is 143 Å². The maximum Gasteiger partial charge on any atom is 0.230 e. The van der Waals surface area contributed by atoms with E-state index in [9.17, 15) is 9.18 Å². The van der Waals surface area contributed by atoms with Crippen molar-refractivity contribution >= 4 is 17.7 Å². The number of benzene rings is 1. The number of carbonyl (C=O) groups is 1. The molecule has 0 radical (unpaired) electrons. The lowest BCUT2D eigenvalue weighted by Gasteiger charge is -2.04. The van der Waals surface area contributed by atoms with Crippen LogP contribution in [0.5, 0.6) is 0 Å². The van der Waals surface area contributed by atoms with Crippen molar-refractivity contribution in [2.45, 2.75) is 30.5 Å². The lowest BCUT2D eigenvalue weighted by molar-refractivity contribution is -0.118. The average molecular weight is 350 g/mol. The molecule has 2 N–H and O–H groups in total. The number of aromatic amines is 1. The predicted molar refractivity (Wildman–Crippen MR) is 88.1 cm³/mol. The molecule has 8 heteroatoms. The maximum atomic E-state index is 12.8. The van der Waals surface area contributed by atoms with Gasteiger partial charge in [0.05, 0.1) is 5.75 Å². The third-order valence-electron chi connectivity index (χ3n) is 3.70. The Kier molecular flexibility index (Phi) is 5.81. The van der Waals surface area contributed by atoms with Crippen LogP contribution in [-0.4, -0.2) is 40.0 Å². The normalized spacial score (nSPS) is 17.1. The molecule has 1 aliphatic rings. The number of aromatic nitrogens is 3. The van der Waals surface area contributed by atoms with Gasteiger partial charge in [-0.25, -0.2) is 9.37 Å². The fourth-order valence-corrected chi connectivity index (χ4v) is 3.07. The van der Waals surface area contributed by atoms with Crippen molar-refractivity contribution in [1.29, 1.82) is 0 Å². The van der Waals surface area contributed by atoms with E-state index in [0.29, 0.717) is 18.1 Å². The van der Waals surface area contributed by atoms with Gasteiger partial charge in [0.15, 0.2) is 5.82 Å². The molecule has 2 aromatic rings. The molecule has 2 heterocycles. The number of nitrogens with one attached hydrogen (secondary N) is 2. The monoisotopic (exact) mass is 350 g/mol. The molecule has 24 heavy (non-hydrogen) atoms. The third-order valence-corrected chi connectivity index (χ3v) is 4.55. The van der Waals surface area contributed by atoms with E-state index in [0.717, 1.165) is 30.8 Å². The quantitative estimate of drug-likeness (QED) is 0.749. The molecule has 1 aromatic heterocycles. The fourth-order valence-electron chi connectivity index (χ4n) is 2.44. The van der Waals surface area contributed by atoms with E-state index in [1.807, 2.05) is 0 Å². The number of rotatable bonds is 7. The molecule has 0 saturated carbocycles. The molecule has 128 valence electrons. The van der Waals surface area contributed by atoms with Crippen molar-refractivity contribution in [2.75, 3.05) is 18.9 Å². The molecule has 1 amide bonds. The summed E-state index contributed by atoms with van der Waals surface area (Å²) in [6.07, 6.45) is 2.64. The molecule has 0 unspecified atom stereocenters. The highest BCUT2D eigenvalue weighted by atomic mass is 32.2. The SMILES string of the molecule is O=C(CSc1n[nH]c([C@H]2CCCO2)n1)NCCc1ccc(F)cc1. The summed E-state index contributed by atoms with van der Waals surface area (Å²) in [5, 5.41) is 10.4. The molecule has 0 aliphatic carbocycles. The molecule has 1 aliphatic heterocycles. The first-order valence-corrected chi connectivity index (χ1v) is 8.87. The van der Waals surface area contributed by atoms with Crippen LogP contribution in [0.25, 0.3) is 0 Å². The smallest absolute Gasteiger partial charge is 0.230 e. The third kappa shape index (κ3) is 4.78. The van der Waals surface area contributed by atoms with Gasteiger partial charge in [0.2, 0.25) is 11.1 Å².